The van der Waals surface area contributed by atoms with Gasteiger partial charge in [0.2, 0.25) is 10.0 Å². The number of sulfonamides is 1. The molecule has 1 saturated heterocycles. The molecule has 6 nitrogen and oxygen atoms in total. The van der Waals surface area contributed by atoms with Crippen LogP contribution in [0.15, 0.2) is 18.2 Å². The fourth-order valence-corrected chi connectivity index (χ4v) is 5.31. The first-order valence-electron chi connectivity index (χ1n) is 11.1. The molecule has 2 aliphatic rings. The third-order valence-corrected chi connectivity index (χ3v) is 8.02. The standard InChI is InChI=1S/C22H36FN3O3S/c1-15(2)30(27,28)25-19-7-5-18(6-8-19)12-24-22-10-9-20(11-21(22)23)26-13-16(3)29-17(4)14-26/h9-11,15-19,24-25H,5-8,12-14H2,1-4H3. The third kappa shape index (κ3) is 6.08. The van der Waals surface area contributed by atoms with Crippen molar-refractivity contribution >= 4 is 21.4 Å². The maximum Gasteiger partial charge on any atom is 0.214 e. The normalized spacial score (nSPS) is 28.0. The quantitative estimate of drug-likeness (QED) is 0.675. The molecule has 2 fully saturated rings. The maximum absolute atomic E-state index is 14.7. The van der Waals surface area contributed by atoms with Crippen molar-refractivity contribution in [2.45, 2.75) is 76.9 Å². The lowest BCUT2D eigenvalue weighted by Crippen LogP contribution is -2.45. The van der Waals surface area contributed by atoms with Gasteiger partial charge in [0.15, 0.2) is 0 Å². The van der Waals surface area contributed by atoms with Gasteiger partial charge in [-0.2, -0.15) is 0 Å². The number of hydrogen-bond acceptors (Lipinski definition) is 5. The molecule has 2 N–H and O–H groups in total. The fraction of sp³-hybridized carbons (Fsp3) is 0.727. The second-order valence-electron chi connectivity index (χ2n) is 9.14. The van der Waals surface area contributed by atoms with Gasteiger partial charge in [0.05, 0.1) is 23.1 Å². The molecule has 0 bridgehead atoms. The number of nitrogens with zero attached hydrogens (tertiary/aromatic N) is 1. The van der Waals surface area contributed by atoms with Crippen molar-refractivity contribution in [3.05, 3.63) is 24.0 Å². The van der Waals surface area contributed by atoms with Gasteiger partial charge in [-0.1, -0.05) is 0 Å². The van der Waals surface area contributed by atoms with E-state index in [0.717, 1.165) is 44.5 Å². The zero-order valence-corrected chi connectivity index (χ0v) is 19.3. The molecule has 2 unspecified atom stereocenters. The van der Waals surface area contributed by atoms with E-state index in [2.05, 4.69) is 14.9 Å². The van der Waals surface area contributed by atoms with Crippen molar-refractivity contribution in [1.29, 1.82) is 0 Å². The van der Waals surface area contributed by atoms with Gasteiger partial charge in [0.25, 0.3) is 0 Å². The number of benzene rings is 1. The molecule has 8 heteroatoms. The summed E-state index contributed by atoms with van der Waals surface area (Å²) < 4.78 is 47.3. The van der Waals surface area contributed by atoms with E-state index in [0.29, 0.717) is 18.2 Å². The predicted octanol–water partition coefficient (Wildman–Crippen LogP) is 3.74. The zero-order chi connectivity index (χ0) is 21.9. The SMILES string of the molecule is CC1CN(c2ccc(NCC3CCC(NS(=O)(=O)C(C)C)CC3)c(F)c2)CC(C)O1. The van der Waals surface area contributed by atoms with E-state index in [9.17, 15) is 12.8 Å². The lowest BCUT2D eigenvalue weighted by atomic mass is 9.86. The summed E-state index contributed by atoms with van der Waals surface area (Å²) >= 11 is 0. The summed E-state index contributed by atoms with van der Waals surface area (Å²) in [6.07, 6.45) is 3.79. The molecule has 1 saturated carbocycles. The number of hydrogen-bond donors (Lipinski definition) is 2. The van der Waals surface area contributed by atoms with Crippen LogP contribution in [0.5, 0.6) is 0 Å². The molecule has 0 radical (unpaired) electrons. The van der Waals surface area contributed by atoms with E-state index in [1.165, 1.54) is 0 Å². The molecule has 2 atom stereocenters. The highest BCUT2D eigenvalue weighted by molar-refractivity contribution is 7.90. The third-order valence-electron chi connectivity index (χ3n) is 6.12. The molecule has 0 aromatic heterocycles. The number of halogens is 1. The summed E-state index contributed by atoms with van der Waals surface area (Å²) in [5.74, 6) is 0.183. The van der Waals surface area contributed by atoms with Crippen LogP contribution in [0.3, 0.4) is 0 Å². The number of rotatable bonds is 7. The first-order valence-corrected chi connectivity index (χ1v) is 12.6. The van der Waals surface area contributed by atoms with Crippen LogP contribution in [0.1, 0.15) is 53.4 Å². The number of anilines is 2. The highest BCUT2D eigenvalue weighted by Crippen LogP contribution is 2.28. The number of nitrogens with one attached hydrogen (secondary N) is 2. The molecular weight excluding hydrogens is 405 g/mol. The zero-order valence-electron chi connectivity index (χ0n) is 18.5. The Morgan fingerprint density at radius 2 is 1.77 bits per heavy atom. The molecule has 3 rings (SSSR count). The average molecular weight is 442 g/mol. The van der Waals surface area contributed by atoms with Crippen LogP contribution in [0.4, 0.5) is 15.8 Å². The molecule has 0 spiro atoms. The molecule has 1 aromatic rings. The first kappa shape index (κ1) is 23.3. The van der Waals surface area contributed by atoms with E-state index in [4.69, 9.17) is 4.74 Å². The summed E-state index contributed by atoms with van der Waals surface area (Å²) in [6, 6.07) is 5.40. The Morgan fingerprint density at radius 1 is 1.13 bits per heavy atom. The van der Waals surface area contributed by atoms with Crippen LogP contribution >= 0.6 is 0 Å². The van der Waals surface area contributed by atoms with E-state index in [1.807, 2.05) is 26.0 Å². The summed E-state index contributed by atoms with van der Waals surface area (Å²) in [4.78, 5) is 2.17. The molecule has 1 heterocycles. The van der Waals surface area contributed by atoms with E-state index >= 15 is 0 Å². The Balaban J connectivity index is 1.49. The van der Waals surface area contributed by atoms with E-state index in [1.54, 1.807) is 19.9 Å². The highest BCUT2D eigenvalue weighted by Gasteiger charge is 2.27. The van der Waals surface area contributed by atoms with Crippen molar-refractivity contribution in [3.63, 3.8) is 0 Å². The Morgan fingerprint density at radius 3 is 2.33 bits per heavy atom. The molecular formula is C22H36FN3O3S. The molecule has 30 heavy (non-hydrogen) atoms. The lowest BCUT2D eigenvalue weighted by Gasteiger charge is -2.37. The molecule has 1 aromatic carbocycles. The van der Waals surface area contributed by atoms with Gasteiger partial charge in [-0.3, -0.25) is 0 Å². The lowest BCUT2D eigenvalue weighted by molar-refractivity contribution is -0.00523. The summed E-state index contributed by atoms with van der Waals surface area (Å²) in [5.41, 5.74) is 1.41. The second kappa shape index (κ2) is 9.83. The van der Waals surface area contributed by atoms with Crippen molar-refractivity contribution in [2.24, 2.45) is 5.92 Å². The largest absolute Gasteiger partial charge is 0.382 e. The van der Waals surface area contributed by atoms with Crippen LogP contribution in [0.2, 0.25) is 0 Å². The minimum absolute atomic E-state index is 0.0166. The molecule has 170 valence electrons. The number of ether oxygens (including phenoxy) is 1. The second-order valence-corrected chi connectivity index (χ2v) is 11.4. The van der Waals surface area contributed by atoms with Crippen LogP contribution in [-0.2, 0) is 14.8 Å². The van der Waals surface area contributed by atoms with Crippen molar-refractivity contribution in [2.75, 3.05) is 29.9 Å². The van der Waals surface area contributed by atoms with Gasteiger partial charge >= 0.3 is 0 Å². The van der Waals surface area contributed by atoms with Gasteiger partial charge in [-0.25, -0.2) is 17.5 Å². The monoisotopic (exact) mass is 441 g/mol. The van der Waals surface area contributed by atoms with Crippen LogP contribution in [0.25, 0.3) is 0 Å². The number of morpholine rings is 1. The minimum atomic E-state index is -3.22. The maximum atomic E-state index is 14.7. The van der Waals surface area contributed by atoms with Crippen molar-refractivity contribution in [1.82, 2.24) is 4.72 Å². The van der Waals surface area contributed by atoms with Crippen LogP contribution in [-0.4, -0.2) is 51.6 Å². The summed E-state index contributed by atoms with van der Waals surface area (Å²) in [7, 11) is -3.22. The summed E-state index contributed by atoms with van der Waals surface area (Å²) in [6.45, 7) is 9.69. The van der Waals surface area contributed by atoms with Crippen LogP contribution < -0.4 is 14.9 Å². The van der Waals surface area contributed by atoms with Crippen LogP contribution in [0, 0.1) is 11.7 Å². The smallest absolute Gasteiger partial charge is 0.214 e. The van der Waals surface area contributed by atoms with E-state index in [-0.39, 0.29) is 24.1 Å². The van der Waals surface area contributed by atoms with Crippen molar-refractivity contribution < 1.29 is 17.5 Å². The Hall–Kier alpha value is -1.38. The molecule has 1 aliphatic heterocycles. The van der Waals surface area contributed by atoms with Gasteiger partial charge in [-0.15, -0.1) is 0 Å². The highest BCUT2D eigenvalue weighted by atomic mass is 32.2. The predicted molar refractivity (Wildman–Crippen MR) is 120 cm³/mol. The Bertz CT molecular complexity index is 800. The first-order chi connectivity index (χ1) is 14.1. The van der Waals surface area contributed by atoms with E-state index < -0.39 is 15.3 Å². The average Bonchev–Trinajstić information content (AvgIpc) is 2.67. The Kier molecular flexibility index (Phi) is 7.63. The molecule has 1 aliphatic carbocycles. The topological polar surface area (TPSA) is 70.7 Å². The van der Waals surface area contributed by atoms with Gasteiger partial charge < -0.3 is 15.0 Å². The minimum Gasteiger partial charge on any atom is -0.382 e. The van der Waals surface area contributed by atoms with Gasteiger partial charge in [0, 0.05) is 31.4 Å². The van der Waals surface area contributed by atoms with Crippen molar-refractivity contribution in [3.8, 4) is 0 Å². The van der Waals surface area contributed by atoms with Gasteiger partial charge in [-0.05, 0) is 77.5 Å². The van der Waals surface area contributed by atoms with Gasteiger partial charge in [0.1, 0.15) is 5.82 Å². The summed E-state index contributed by atoms with van der Waals surface area (Å²) in [5, 5.41) is 2.84. The Labute approximate surface area is 180 Å². The molecule has 0 amide bonds. The fourth-order valence-electron chi connectivity index (χ4n) is 4.34.